The van der Waals surface area contributed by atoms with Gasteiger partial charge in [-0.15, -0.1) is 0 Å². The fraction of sp³-hybridized carbons (Fsp3) is 1.00. The van der Waals surface area contributed by atoms with Crippen molar-refractivity contribution in [3.63, 3.8) is 0 Å². The molecule has 0 radical (unpaired) electrons. The Morgan fingerprint density at radius 3 is 2.15 bits per heavy atom. The molecule has 0 aromatic rings. The van der Waals surface area contributed by atoms with Crippen molar-refractivity contribution < 1.29 is 8.42 Å². The maximum Gasteiger partial charge on any atom is 0.214 e. The molecule has 0 spiro atoms. The van der Waals surface area contributed by atoms with Gasteiger partial charge in [-0.1, -0.05) is 33.1 Å². The molecule has 0 heterocycles. The van der Waals surface area contributed by atoms with E-state index in [-0.39, 0.29) is 5.25 Å². The summed E-state index contributed by atoms with van der Waals surface area (Å²) >= 11 is 0. The lowest BCUT2D eigenvalue weighted by atomic mass is 10.1. The molecule has 0 fully saturated rings. The van der Waals surface area contributed by atoms with E-state index in [4.69, 9.17) is 0 Å². The fourth-order valence-electron chi connectivity index (χ4n) is 1.38. The van der Waals surface area contributed by atoms with Crippen molar-refractivity contribution in [2.24, 2.45) is 0 Å². The molecule has 0 aliphatic heterocycles. The Hall–Kier alpha value is -0.0900. The van der Waals surface area contributed by atoms with Gasteiger partial charge in [-0.3, -0.25) is 0 Å². The molecule has 0 saturated heterocycles. The molecule has 4 heteroatoms. The average Bonchev–Trinajstić information content (AvgIpc) is 2.12. The summed E-state index contributed by atoms with van der Waals surface area (Å²) in [5.41, 5.74) is 0. The van der Waals surface area contributed by atoms with Gasteiger partial charge in [-0.05, 0) is 19.9 Å². The van der Waals surface area contributed by atoms with Crippen molar-refractivity contribution in [3.05, 3.63) is 0 Å². The van der Waals surface area contributed by atoms with Gasteiger partial charge in [-0.2, -0.15) is 0 Å². The number of sulfonamides is 1. The Morgan fingerprint density at radius 1 is 1.15 bits per heavy atom. The normalized spacial score (nSPS) is 14.4. The SMILES string of the molecule is CCCCC(CCC)S(=O)(=O)NC. The minimum atomic E-state index is -3.04. The maximum absolute atomic E-state index is 11.5. The van der Waals surface area contributed by atoms with E-state index in [1.54, 1.807) is 0 Å². The van der Waals surface area contributed by atoms with Gasteiger partial charge in [0.15, 0.2) is 0 Å². The highest BCUT2D eigenvalue weighted by molar-refractivity contribution is 7.90. The summed E-state index contributed by atoms with van der Waals surface area (Å²) in [5, 5.41) is -0.192. The lowest BCUT2D eigenvalue weighted by Crippen LogP contribution is -2.31. The zero-order valence-electron chi connectivity index (χ0n) is 8.84. The van der Waals surface area contributed by atoms with Crippen LogP contribution in [-0.2, 0) is 10.0 Å². The van der Waals surface area contributed by atoms with Crippen LogP contribution in [0.5, 0.6) is 0 Å². The fourth-order valence-corrected chi connectivity index (χ4v) is 2.73. The molecule has 80 valence electrons. The number of rotatable bonds is 7. The van der Waals surface area contributed by atoms with Crippen molar-refractivity contribution in [1.29, 1.82) is 0 Å². The summed E-state index contributed by atoms with van der Waals surface area (Å²) in [7, 11) is -1.55. The third kappa shape index (κ3) is 4.62. The van der Waals surface area contributed by atoms with Gasteiger partial charge in [0.1, 0.15) is 0 Å². The predicted octanol–water partition coefficient (Wildman–Crippen LogP) is 1.89. The van der Waals surface area contributed by atoms with Gasteiger partial charge >= 0.3 is 0 Å². The number of nitrogens with one attached hydrogen (secondary N) is 1. The van der Waals surface area contributed by atoms with Crippen LogP contribution in [-0.4, -0.2) is 20.7 Å². The summed E-state index contributed by atoms with van der Waals surface area (Å²) in [6, 6.07) is 0. The second-order valence-corrected chi connectivity index (χ2v) is 5.47. The average molecular weight is 207 g/mol. The van der Waals surface area contributed by atoms with E-state index in [1.165, 1.54) is 7.05 Å². The zero-order valence-corrected chi connectivity index (χ0v) is 9.65. The topological polar surface area (TPSA) is 46.2 Å². The zero-order chi connectivity index (χ0) is 10.3. The van der Waals surface area contributed by atoms with Crippen LogP contribution in [0.1, 0.15) is 46.0 Å². The molecule has 0 bridgehead atoms. The molecule has 1 atom stereocenters. The van der Waals surface area contributed by atoms with Crippen LogP contribution in [0.4, 0.5) is 0 Å². The van der Waals surface area contributed by atoms with Crippen molar-refractivity contribution >= 4 is 10.0 Å². The first kappa shape index (κ1) is 12.9. The lowest BCUT2D eigenvalue weighted by Gasteiger charge is -2.15. The Morgan fingerprint density at radius 2 is 1.77 bits per heavy atom. The van der Waals surface area contributed by atoms with Crippen LogP contribution < -0.4 is 4.72 Å². The van der Waals surface area contributed by atoms with Gasteiger partial charge in [-0.25, -0.2) is 13.1 Å². The summed E-state index contributed by atoms with van der Waals surface area (Å²) in [6.45, 7) is 4.10. The molecular formula is C9H21NO2S. The van der Waals surface area contributed by atoms with E-state index in [1.807, 2.05) is 6.92 Å². The molecule has 0 aromatic heterocycles. The van der Waals surface area contributed by atoms with Crippen molar-refractivity contribution in [1.82, 2.24) is 4.72 Å². The molecule has 0 saturated carbocycles. The van der Waals surface area contributed by atoms with Crippen LogP contribution in [0.2, 0.25) is 0 Å². The third-order valence-electron chi connectivity index (χ3n) is 2.21. The smallest absolute Gasteiger partial charge is 0.214 e. The van der Waals surface area contributed by atoms with E-state index < -0.39 is 10.0 Å². The molecule has 0 amide bonds. The van der Waals surface area contributed by atoms with E-state index in [9.17, 15) is 8.42 Å². The minimum absolute atomic E-state index is 0.192. The molecule has 13 heavy (non-hydrogen) atoms. The molecular weight excluding hydrogens is 186 g/mol. The summed E-state index contributed by atoms with van der Waals surface area (Å²) in [4.78, 5) is 0. The quantitative estimate of drug-likeness (QED) is 0.693. The molecule has 0 aliphatic rings. The largest absolute Gasteiger partial charge is 0.218 e. The van der Waals surface area contributed by atoms with E-state index in [0.717, 1.165) is 32.1 Å². The van der Waals surface area contributed by atoms with Crippen LogP contribution in [0.3, 0.4) is 0 Å². The molecule has 1 N–H and O–H groups in total. The molecule has 0 aliphatic carbocycles. The maximum atomic E-state index is 11.5. The second-order valence-electron chi connectivity index (χ2n) is 3.30. The van der Waals surface area contributed by atoms with Crippen LogP contribution >= 0.6 is 0 Å². The van der Waals surface area contributed by atoms with E-state index in [0.29, 0.717) is 0 Å². The minimum Gasteiger partial charge on any atom is -0.218 e. The van der Waals surface area contributed by atoms with Crippen molar-refractivity contribution in [2.45, 2.75) is 51.2 Å². The van der Waals surface area contributed by atoms with Gasteiger partial charge < -0.3 is 0 Å². The van der Waals surface area contributed by atoms with Gasteiger partial charge in [0, 0.05) is 0 Å². The van der Waals surface area contributed by atoms with Crippen molar-refractivity contribution in [3.8, 4) is 0 Å². The lowest BCUT2D eigenvalue weighted by molar-refractivity contribution is 0.540. The molecule has 3 nitrogen and oxygen atoms in total. The predicted molar refractivity (Wildman–Crippen MR) is 56.2 cm³/mol. The highest BCUT2D eigenvalue weighted by Crippen LogP contribution is 2.14. The first-order valence-corrected chi connectivity index (χ1v) is 6.55. The Balaban J connectivity index is 4.23. The molecule has 0 rings (SSSR count). The monoisotopic (exact) mass is 207 g/mol. The van der Waals surface area contributed by atoms with Gasteiger partial charge in [0.05, 0.1) is 5.25 Å². The van der Waals surface area contributed by atoms with Gasteiger partial charge in [0.2, 0.25) is 10.0 Å². The summed E-state index contributed by atoms with van der Waals surface area (Å²) < 4.78 is 25.4. The highest BCUT2D eigenvalue weighted by Gasteiger charge is 2.21. The standard InChI is InChI=1S/C9H21NO2S/c1-4-6-8-9(7-5-2)13(11,12)10-3/h9-10H,4-8H2,1-3H3. The first-order chi connectivity index (χ1) is 6.08. The summed E-state index contributed by atoms with van der Waals surface area (Å²) in [5.74, 6) is 0. The first-order valence-electron chi connectivity index (χ1n) is 5.00. The third-order valence-corrected chi connectivity index (χ3v) is 4.13. The van der Waals surface area contributed by atoms with E-state index >= 15 is 0 Å². The Labute approximate surface area is 82.0 Å². The number of hydrogen-bond acceptors (Lipinski definition) is 2. The van der Waals surface area contributed by atoms with Crippen LogP contribution in [0, 0.1) is 0 Å². The highest BCUT2D eigenvalue weighted by atomic mass is 32.2. The molecule has 0 aromatic carbocycles. The van der Waals surface area contributed by atoms with E-state index in [2.05, 4.69) is 11.6 Å². The number of hydrogen-bond donors (Lipinski definition) is 1. The van der Waals surface area contributed by atoms with Gasteiger partial charge in [0.25, 0.3) is 0 Å². The van der Waals surface area contributed by atoms with Crippen LogP contribution in [0.15, 0.2) is 0 Å². The Bertz CT molecular complexity index is 212. The summed E-state index contributed by atoms with van der Waals surface area (Å²) in [6.07, 6.45) is 4.52. The number of unbranched alkanes of at least 4 members (excludes halogenated alkanes) is 1. The molecule has 1 unspecified atom stereocenters. The Kier molecular flexibility index (Phi) is 6.33. The second kappa shape index (κ2) is 6.38. The van der Waals surface area contributed by atoms with Crippen molar-refractivity contribution in [2.75, 3.05) is 7.05 Å². The van der Waals surface area contributed by atoms with Crippen LogP contribution in [0.25, 0.3) is 0 Å².